The zero-order valence-electron chi connectivity index (χ0n) is 14.6. The summed E-state index contributed by atoms with van der Waals surface area (Å²) >= 11 is 1.61. The van der Waals surface area contributed by atoms with E-state index in [2.05, 4.69) is 10.6 Å². The molecule has 0 spiro atoms. The highest BCUT2D eigenvalue weighted by Crippen LogP contribution is 2.33. The van der Waals surface area contributed by atoms with Gasteiger partial charge in [-0.1, -0.05) is 42.1 Å². The summed E-state index contributed by atoms with van der Waals surface area (Å²) < 4.78 is 4.93. The van der Waals surface area contributed by atoms with Crippen LogP contribution in [0.4, 0.5) is 5.69 Å². The van der Waals surface area contributed by atoms with E-state index >= 15 is 0 Å². The van der Waals surface area contributed by atoms with Gasteiger partial charge in [-0.05, 0) is 30.7 Å². The van der Waals surface area contributed by atoms with Crippen molar-refractivity contribution in [1.29, 1.82) is 5.26 Å². The molecule has 6 heteroatoms. The van der Waals surface area contributed by atoms with E-state index in [1.165, 1.54) is 6.20 Å². The average Bonchev–Trinajstić information content (AvgIpc) is 2.68. The van der Waals surface area contributed by atoms with Crippen molar-refractivity contribution in [2.24, 2.45) is 0 Å². The van der Waals surface area contributed by atoms with Crippen LogP contribution in [0.25, 0.3) is 0 Å². The fourth-order valence-electron chi connectivity index (χ4n) is 2.10. The summed E-state index contributed by atoms with van der Waals surface area (Å²) in [5.74, 6) is -0.399. The third-order valence-electron chi connectivity index (χ3n) is 3.41. The Kier molecular flexibility index (Phi) is 8.27. The summed E-state index contributed by atoms with van der Waals surface area (Å²) in [6, 6.07) is 19.7. The maximum absolute atomic E-state index is 12.0. The molecule has 0 unspecified atom stereocenters. The first-order valence-corrected chi connectivity index (χ1v) is 9.02. The van der Waals surface area contributed by atoms with Crippen LogP contribution in [0.15, 0.2) is 76.2 Å². The third kappa shape index (κ3) is 6.28. The third-order valence-corrected chi connectivity index (χ3v) is 4.49. The van der Waals surface area contributed by atoms with Gasteiger partial charge in [0.05, 0.1) is 5.69 Å². The highest BCUT2D eigenvalue weighted by molar-refractivity contribution is 7.99. The Morgan fingerprint density at radius 3 is 2.65 bits per heavy atom. The Labute approximate surface area is 158 Å². The Morgan fingerprint density at radius 2 is 1.92 bits per heavy atom. The molecule has 5 nitrogen and oxygen atoms in total. The zero-order valence-corrected chi connectivity index (χ0v) is 15.4. The highest BCUT2D eigenvalue weighted by Gasteiger charge is 2.09. The Bertz CT molecular complexity index is 785. The molecule has 134 valence electrons. The number of hydrogen-bond acceptors (Lipinski definition) is 5. The lowest BCUT2D eigenvalue weighted by molar-refractivity contribution is -0.117. The number of benzene rings is 2. The minimum Gasteiger partial charge on any atom is -0.385 e. The summed E-state index contributed by atoms with van der Waals surface area (Å²) in [6.07, 6.45) is 2.14. The van der Waals surface area contributed by atoms with E-state index in [-0.39, 0.29) is 5.57 Å². The quantitative estimate of drug-likeness (QED) is 0.400. The lowest BCUT2D eigenvalue weighted by Gasteiger charge is -2.09. The average molecular weight is 367 g/mol. The summed E-state index contributed by atoms with van der Waals surface area (Å²) in [5.41, 5.74) is 0.864. The number of ether oxygens (including phenoxy) is 1. The van der Waals surface area contributed by atoms with Crippen LogP contribution in [0.3, 0.4) is 0 Å². The molecule has 0 bridgehead atoms. The first kappa shape index (κ1) is 19.6. The molecule has 0 aliphatic heterocycles. The summed E-state index contributed by atoms with van der Waals surface area (Å²) in [7, 11) is 1.61. The molecule has 0 heterocycles. The molecule has 0 aromatic heterocycles. The molecule has 26 heavy (non-hydrogen) atoms. The number of anilines is 1. The van der Waals surface area contributed by atoms with Gasteiger partial charge in [0.2, 0.25) is 0 Å². The Balaban J connectivity index is 2.03. The predicted molar refractivity (Wildman–Crippen MR) is 104 cm³/mol. The van der Waals surface area contributed by atoms with E-state index in [1.807, 2.05) is 60.7 Å². The van der Waals surface area contributed by atoms with Crippen molar-refractivity contribution in [2.75, 3.05) is 25.6 Å². The lowest BCUT2D eigenvalue weighted by Crippen LogP contribution is -2.26. The molecule has 0 atom stereocenters. The summed E-state index contributed by atoms with van der Waals surface area (Å²) in [4.78, 5) is 14.2. The molecule has 2 aromatic rings. The molecule has 0 aliphatic rings. The van der Waals surface area contributed by atoms with Crippen LogP contribution in [0.5, 0.6) is 0 Å². The van der Waals surface area contributed by atoms with Gasteiger partial charge in [0.25, 0.3) is 5.91 Å². The fraction of sp³-hybridized carbons (Fsp3) is 0.200. The van der Waals surface area contributed by atoms with Gasteiger partial charge in [-0.25, -0.2) is 0 Å². The van der Waals surface area contributed by atoms with Crippen LogP contribution >= 0.6 is 11.8 Å². The molecule has 0 saturated carbocycles. The number of nitrogens with one attached hydrogen (secondary N) is 2. The van der Waals surface area contributed by atoms with Crippen LogP contribution < -0.4 is 10.6 Å². The van der Waals surface area contributed by atoms with Gasteiger partial charge in [-0.2, -0.15) is 5.26 Å². The molecule has 2 aromatic carbocycles. The largest absolute Gasteiger partial charge is 0.385 e. The standard InChI is InChI=1S/C20H21N3O2S/c1-25-13-7-12-22-20(24)16(14-21)15-23-18-10-5-6-11-19(18)26-17-8-3-2-4-9-17/h2-6,8-11,15,23H,7,12-13H2,1H3,(H,22,24)/b16-15-. The van der Waals surface area contributed by atoms with E-state index < -0.39 is 5.91 Å². The van der Waals surface area contributed by atoms with Gasteiger partial charge in [0, 0.05) is 36.3 Å². The van der Waals surface area contributed by atoms with Crippen molar-refractivity contribution in [1.82, 2.24) is 5.32 Å². The normalized spacial score (nSPS) is 10.8. The fourth-order valence-corrected chi connectivity index (χ4v) is 3.03. The maximum atomic E-state index is 12.0. The molecule has 0 fully saturated rings. The van der Waals surface area contributed by atoms with E-state index in [9.17, 15) is 10.1 Å². The Morgan fingerprint density at radius 1 is 1.19 bits per heavy atom. The van der Waals surface area contributed by atoms with Crippen LogP contribution in [0.1, 0.15) is 6.42 Å². The second kappa shape index (κ2) is 11.0. The second-order valence-electron chi connectivity index (χ2n) is 5.33. The lowest BCUT2D eigenvalue weighted by atomic mass is 10.2. The van der Waals surface area contributed by atoms with Crippen molar-refractivity contribution < 1.29 is 9.53 Å². The van der Waals surface area contributed by atoms with Gasteiger partial charge in [0.1, 0.15) is 11.6 Å². The van der Waals surface area contributed by atoms with Crippen molar-refractivity contribution >= 4 is 23.4 Å². The maximum Gasteiger partial charge on any atom is 0.263 e. The molecular weight excluding hydrogens is 346 g/mol. The number of para-hydroxylation sites is 1. The zero-order chi connectivity index (χ0) is 18.6. The van der Waals surface area contributed by atoms with Gasteiger partial charge in [0.15, 0.2) is 0 Å². The van der Waals surface area contributed by atoms with E-state index in [4.69, 9.17) is 4.74 Å². The monoisotopic (exact) mass is 367 g/mol. The SMILES string of the molecule is COCCCNC(=O)/C(C#N)=C\Nc1ccccc1Sc1ccccc1. The highest BCUT2D eigenvalue weighted by atomic mass is 32.2. The van der Waals surface area contributed by atoms with Crippen LogP contribution in [-0.2, 0) is 9.53 Å². The smallest absolute Gasteiger partial charge is 0.263 e. The molecule has 0 radical (unpaired) electrons. The second-order valence-corrected chi connectivity index (χ2v) is 6.44. The van der Waals surface area contributed by atoms with Gasteiger partial charge < -0.3 is 15.4 Å². The van der Waals surface area contributed by atoms with E-state index in [1.54, 1.807) is 18.9 Å². The molecule has 0 aliphatic carbocycles. The molecule has 2 rings (SSSR count). The minimum atomic E-state index is -0.399. The number of hydrogen-bond donors (Lipinski definition) is 2. The molecule has 0 saturated heterocycles. The van der Waals surface area contributed by atoms with Crippen LogP contribution in [0, 0.1) is 11.3 Å². The Hall–Kier alpha value is -2.75. The number of nitrogens with zero attached hydrogens (tertiary/aromatic N) is 1. The van der Waals surface area contributed by atoms with Crippen molar-refractivity contribution in [3.05, 3.63) is 66.4 Å². The topological polar surface area (TPSA) is 74.1 Å². The van der Waals surface area contributed by atoms with Crippen LogP contribution in [0.2, 0.25) is 0 Å². The van der Waals surface area contributed by atoms with E-state index in [0.717, 1.165) is 15.5 Å². The van der Waals surface area contributed by atoms with Crippen LogP contribution in [-0.4, -0.2) is 26.2 Å². The molecule has 2 N–H and O–H groups in total. The van der Waals surface area contributed by atoms with Gasteiger partial charge >= 0.3 is 0 Å². The number of carbonyl (C=O) groups is 1. The number of rotatable bonds is 9. The predicted octanol–water partition coefficient (Wildman–Crippen LogP) is 3.81. The van der Waals surface area contributed by atoms with Crippen molar-refractivity contribution in [3.8, 4) is 6.07 Å². The van der Waals surface area contributed by atoms with Crippen molar-refractivity contribution in [2.45, 2.75) is 16.2 Å². The van der Waals surface area contributed by atoms with E-state index in [0.29, 0.717) is 19.6 Å². The number of amides is 1. The van der Waals surface area contributed by atoms with Crippen molar-refractivity contribution in [3.63, 3.8) is 0 Å². The first-order valence-electron chi connectivity index (χ1n) is 8.20. The molecular formula is C20H21N3O2S. The number of nitriles is 1. The van der Waals surface area contributed by atoms with Gasteiger partial charge in [-0.3, -0.25) is 4.79 Å². The number of methoxy groups -OCH3 is 1. The molecule has 1 amide bonds. The minimum absolute atomic E-state index is 0.0296. The van der Waals surface area contributed by atoms with Gasteiger partial charge in [-0.15, -0.1) is 0 Å². The first-order chi connectivity index (χ1) is 12.7. The number of carbonyl (C=O) groups excluding carboxylic acids is 1. The summed E-state index contributed by atoms with van der Waals surface area (Å²) in [5, 5.41) is 15.0. The summed E-state index contributed by atoms with van der Waals surface area (Å²) in [6.45, 7) is 1.03.